The lowest BCUT2D eigenvalue weighted by Gasteiger charge is -2.12. The third kappa shape index (κ3) is 8.07. The molecule has 0 unspecified atom stereocenters. The van der Waals surface area contributed by atoms with Crippen molar-refractivity contribution in [3.8, 4) is 5.88 Å². The van der Waals surface area contributed by atoms with Crippen LogP contribution in [0.4, 0.5) is 0 Å². The highest BCUT2D eigenvalue weighted by molar-refractivity contribution is 14.0. The number of hydrogen-bond acceptors (Lipinski definition) is 4. The third-order valence-electron chi connectivity index (χ3n) is 3.58. The number of nitrogens with one attached hydrogen (secondary N) is 2. The number of hydrogen-bond donors (Lipinski definition) is 2. The zero-order chi connectivity index (χ0) is 17.7. The number of nitrogens with zero attached hydrogens (tertiary/aromatic N) is 2. The molecule has 0 radical (unpaired) electrons. The molecule has 0 aliphatic heterocycles. The van der Waals surface area contributed by atoms with E-state index in [9.17, 15) is 0 Å². The maximum atomic E-state index is 5.77. The molecule has 2 rings (SSSR count). The Kier molecular flexibility index (Phi) is 11.5. The molecule has 0 amide bonds. The number of unbranched alkanes of at least 4 members (excludes halogenated alkanes) is 1. The van der Waals surface area contributed by atoms with E-state index in [4.69, 9.17) is 9.15 Å². The number of furan rings is 1. The molecule has 0 atom stereocenters. The Labute approximate surface area is 172 Å². The van der Waals surface area contributed by atoms with Gasteiger partial charge in [-0.1, -0.05) is 19.4 Å². The second-order valence-electron chi connectivity index (χ2n) is 5.62. The first-order valence-electron chi connectivity index (χ1n) is 8.94. The number of rotatable bonds is 10. The molecule has 2 aromatic heterocycles. The van der Waals surface area contributed by atoms with Crippen molar-refractivity contribution in [2.45, 2.75) is 39.7 Å². The summed E-state index contributed by atoms with van der Waals surface area (Å²) in [7, 11) is 0. The Balaban J connectivity index is 0.00000338. The number of ether oxygens (including phenoxy) is 1. The van der Waals surface area contributed by atoms with Gasteiger partial charge in [-0.25, -0.2) is 9.98 Å². The van der Waals surface area contributed by atoms with E-state index in [1.54, 1.807) is 12.5 Å². The van der Waals surface area contributed by atoms with Gasteiger partial charge in [-0.05, 0) is 31.5 Å². The van der Waals surface area contributed by atoms with Crippen molar-refractivity contribution in [2.24, 2.45) is 4.99 Å². The van der Waals surface area contributed by atoms with Crippen molar-refractivity contribution in [2.75, 3.05) is 19.7 Å². The summed E-state index contributed by atoms with van der Waals surface area (Å²) in [6.07, 6.45) is 6.38. The van der Waals surface area contributed by atoms with Crippen LogP contribution in [-0.4, -0.2) is 30.6 Å². The molecule has 6 nitrogen and oxygen atoms in total. The van der Waals surface area contributed by atoms with E-state index in [1.807, 2.05) is 31.2 Å². The van der Waals surface area contributed by atoms with Gasteiger partial charge < -0.3 is 19.8 Å². The van der Waals surface area contributed by atoms with Crippen molar-refractivity contribution < 1.29 is 9.15 Å². The molecule has 0 aliphatic carbocycles. The molecular weight excluding hydrogens is 443 g/mol. The number of aliphatic imine (C=N–C) groups is 1. The molecule has 0 fully saturated rings. The van der Waals surface area contributed by atoms with Gasteiger partial charge in [0.1, 0.15) is 5.76 Å². The molecule has 0 bridgehead atoms. The van der Waals surface area contributed by atoms with Gasteiger partial charge in [-0.2, -0.15) is 0 Å². The molecule has 144 valence electrons. The van der Waals surface area contributed by atoms with Gasteiger partial charge in [-0.3, -0.25) is 0 Å². The van der Waals surface area contributed by atoms with Crippen molar-refractivity contribution in [3.05, 3.63) is 48.0 Å². The van der Waals surface area contributed by atoms with Crippen LogP contribution in [0.5, 0.6) is 5.88 Å². The van der Waals surface area contributed by atoms with Crippen molar-refractivity contribution in [1.82, 2.24) is 15.6 Å². The minimum Gasteiger partial charge on any atom is -0.477 e. The summed E-state index contributed by atoms with van der Waals surface area (Å²) in [5.74, 6) is 2.41. The minimum atomic E-state index is 0. The van der Waals surface area contributed by atoms with Crippen LogP contribution in [0.15, 0.2) is 46.1 Å². The number of halogens is 1. The summed E-state index contributed by atoms with van der Waals surface area (Å²) >= 11 is 0. The number of aromatic nitrogens is 1. The largest absolute Gasteiger partial charge is 0.477 e. The van der Waals surface area contributed by atoms with Gasteiger partial charge in [-0.15, -0.1) is 24.0 Å². The van der Waals surface area contributed by atoms with Crippen LogP contribution < -0.4 is 15.4 Å². The quantitative estimate of drug-likeness (QED) is 0.239. The Morgan fingerprint density at radius 1 is 1.23 bits per heavy atom. The fourth-order valence-corrected chi connectivity index (χ4v) is 2.25. The van der Waals surface area contributed by atoms with Gasteiger partial charge in [0.2, 0.25) is 5.88 Å². The van der Waals surface area contributed by atoms with Crippen molar-refractivity contribution >= 4 is 29.9 Å². The van der Waals surface area contributed by atoms with Crippen molar-refractivity contribution in [1.29, 1.82) is 0 Å². The molecule has 2 N–H and O–H groups in total. The fourth-order valence-electron chi connectivity index (χ4n) is 2.25. The number of guanidine groups is 1. The second kappa shape index (κ2) is 13.4. The van der Waals surface area contributed by atoms with Crippen LogP contribution >= 0.6 is 24.0 Å². The molecule has 0 spiro atoms. The molecule has 2 aromatic rings. The third-order valence-corrected chi connectivity index (χ3v) is 3.58. The lowest BCUT2D eigenvalue weighted by atomic mass is 10.2. The standard InChI is InChI=1S/C19H28N4O2.HI/c1-3-5-13-25-18-16(8-6-11-21-18)15-23-19(20-4-2)22-12-10-17-9-7-14-24-17;/h6-9,11,14H,3-5,10,12-13,15H2,1-2H3,(H2,20,22,23);1H. The van der Waals surface area contributed by atoms with Crippen molar-refractivity contribution in [3.63, 3.8) is 0 Å². The fraction of sp³-hybridized carbons (Fsp3) is 0.474. The molecule has 0 aliphatic rings. The summed E-state index contributed by atoms with van der Waals surface area (Å²) < 4.78 is 11.1. The molecule has 7 heteroatoms. The van der Waals surface area contributed by atoms with Crippen LogP contribution in [0.1, 0.15) is 38.0 Å². The Hall–Kier alpha value is -1.77. The van der Waals surface area contributed by atoms with E-state index in [0.717, 1.165) is 49.6 Å². The van der Waals surface area contributed by atoms with E-state index < -0.39 is 0 Å². The van der Waals surface area contributed by atoms with Crippen LogP contribution in [-0.2, 0) is 13.0 Å². The van der Waals surface area contributed by atoms with Crippen LogP contribution in [0, 0.1) is 0 Å². The first-order chi connectivity index (χ1) is 12.3. The monoisotopic (exact) mass is 472 g/mol. The maximum absolute atomic E-state index is 5.77. The summed E-state index contributed by atoms with van der Waals surface area (Å²) in [5.41, 5.74) is 0.988. The summed E-state index contributed by atoms with van der Waals surface area (Å²) in [4.78, 5) is 8.96. The molecule has 2 heterocycles. The Bertz CT molecular complexity index is 632. The topological polar surface area (TPSA) is 71.7 Å². The summed E-state index contributed by atoms with van der Waals surface area (Å²) in [6.45, 7) is 6.96. The molecular formula is C19H29IN4O2. The van der Waals surface area contributed by atoms with E-state index in [0.29, 0.717) is 19.0 Å². The molecule has 0 saturated carbocycles. The van der Waals surface area contributed by atoms with E-state index in [-0.39, 0.29) is 24.0 Å². The summed E-state index contributed by atoms with van der Waals surface area (Å²) in [6, 6.07) is 7.79. The second-order valence-corrected chi connectivity index (χ2v) is 5.62. The number of pyridine rings is 1. The normalized spacial score (nSPS) is 10.9. The highest BCUT2D eigenvalue weighted by atomic mass is 127. The minimum absolute atomic E-state index is 0. The highest BCUT2D eigenvalue weighted by Crippen LogP contribution is 2.15. The Morgan fingerprint density at radius 2 is 2.12 bits per heavy atom. The van der Waals surface area contributed by atoms with Gasteiger partial charge in [0.15, 0.2) is 5.96 Å². The lowest BCUT2D eigenvalue weighted by Crippen LogP contribution is -2.38. The molecule has 0 saturated heterocycles. The average molecular weight is 472 g/mol. The van der Waals surface area contributed by atoms with Gasteiger partial charge in [0.05, 0.1) is 19.4 Å². The van der Waals surface area contributed by atoms with Crippen LogP contribution in [0.3, 0.4) is 0 Å². The van der Waals surface area contributed by atoms with Gasteiger partial charge in [0.25, 0.3) is 0 Å². The van der Waals surface area contributed by atoms with Crippen LogP contribution in [0.25, 0.3) is 0 Å². The zero-order valence-corrected chi connectivity index (χ0v) is 17.9. The molecule has 0 aromatic carbocycles. The Morgan fingerprint density at radius 3 is 2.85 bits per heavy atom. The molecule has 26 heavy (non-hydrogen) atoms. The predicted octanol–water partition coefficient (Wildman–Crippen LogP) is 3.77. The van der Waals surface area contributed by atoms with Gasteiger partial charge >= 0.3 is 0 Å². The van der Waals surface area contributed by atoms with Gasteiger partial charge in [0, 0.05) is 31.3 Å². The first-order valence-corrected chi connectivity index (χ1v) is 8.94. The maximum Gasteiger partial charge on any atom is 0.218 e. The SMILES string of the molecule is CCCCOc1ncccc1CN=C(NCC)NCCc1ccco1.I. The smallest absolute Gasteiger partial charge is 0.218 e. The zero-order valence-electron chi connectivity index (χ0n) is 15.5. The summed E-state index contributed by atoms with van der Waals surface area (Å²) in [5, 5.41) is 6.57. The predicted molar refractivity (Wildman–Crippen MR) is 115 cm³/mol. The first kappa shape index (κ1) is 22.3. The van der Waals surface area contributed by atoms with E-state index >= 15 is 0 Å². The van der Waals surface area contributed by atoms with E-state index in [1.165, 1.54) is 0 Å². The lowest BCUT2D eigenvalue weighted by molar-refractivity contribution is 0.294. The highest BCUT2D eigenvalue weighted by Gasteiger charge is 2.05. The van der Waals surface area contributed by atoms with E-state index in [2.05, 4.69) is 27.5 Å². The average Bonchev–Trinajstić information content (AvgIpc) is 3.14. The van der Waals surface area contributed by atoms with Crippen LogP contribution in [0.2, 0.25) is 0 Å².